The first-order chi connectivity index (χ1) is 11.2. The van der Waals surface area contributed by atoms with Gasteiger partial charge in [-0.2, -0.15) is 5.10 Å². The molecule has 5 nitrogen and oxygen atoms in total. The molecule has 23 heavy (non-hydrogen) atoms. The lowest BCUT2D eigenvalue weighted by molar-refractivity contribution is 0.292. The van der Waals surface area contributed by atoms with Crippen LogP contribution in [0, 0.1) is 6.92 Å². The van der Waals surface area contributed by atoms with E-state index in [1.807, 2.05) is 24.1 Å². The SMILES string of the molecule is Cc1cccc2cc(OCC3CN3Cc3cnn(C)c3)cnc12. The molecule has 0 N–H and O–H groups in total. The Balaban J connectivity index is 1.35. The minimum absolute atomic E-state index is 0.489. The summed E-state index contributed by atoms with van der Waals surface area (Å²) in [6.45, 7) is 4.81. The monoisotopic (exact) mass is 308 g/mol. The van der Waals surface area contributed by atoms with Gasteiger partial charge in [0.25, 0.3) is 0 Å². The highest BCUT2D eigenvalue weighted by atomic mass is 16.5. The molecule has 1 aliphatic rings. The Hall–Kier alpha value is -2.40. The van der Waals surface area contributed by atoms with Crippen molar-refractivity contribution in [3.8, 4) is 5.75 Å². The third kappa shape index (κ3) is 3.05. The fourth-order valence-electron chi connectivity index (χ4n) is 2.93. The third-order valence-corrected chi connectivity index (χ3v) is 4.30. The van der Waals surface area contributed by atoms with Gasteiger partial charge in [-0.3, -0.25) is 14.6 Å². The quantitative estimate of drug-likeness (QED) is 0.679. The van der Waals surface area contributed by atoms with E-state index in [0.29, 0.717) is 12.6 Å². The summed E-state index contributed by atoms with van der Waals surface area (Å²) in [4.78, 5) is 6.90. The molecule has 118 valence electrons. The summed E-state index contributed by atoms with van der Waals surface area (Å²) in [6.07, 6.45) is 5.81. The Morgan fingerprint density at radius 1 is 1.30 bits per heavy atom. The minimum Gasteiger partial charge on any atom is -0.490 e. The molecule has 2 aromatic heterocycles. The number of benzene rings is 1. The molecule has 0 aliphatic carbocycles. The summed E-state index contributed by atoms with van der Waals surface area (Å²) < 4.78 is 7.77. The standard InChI is InChI=1S/C18H20N4O/c1-13-4-3-5-15-6-17(8-19-18(13)15)23-12-16-11-22(16)10-14-7-20-21(2)9-14/h3-9,16H,10-12H2,1-2H3. The number of para-hydroxylation sites is 1. The van der Waals surface area contributed by atoms with E-state index in [9.17, 15) is 0 Å². The van der Waals surface area contributed by atoms with E-state index in [1.54, 1.807) is 0 Å². The van der Waals surface area contributed by atoms with Gasteiger partial charge in [0.1, 0.15) is 12.4 Å². The molecule has 1 aliphatic heterocycles. The Kier molecular flexibility index (Phi) is 3.50. The van der Waals surface area contributed by atoms with Crippen molar-refractivity contribution < 1.29 is 4.74 Å². The van der Waals surface area contributed by atoms with Gasteiger partial charge < -0.3 is 4.74 Å². The molecule has 1 aromatic carbocycles. The maximum absolute atomic E-state index is 5.93. The van der Waals surface area contributed by atoms with Crippen LogP contribution in [0.25, 0.3) is 10.9 Å². The summed E-state index contributed by atoms with van der Waals surface area (Å²) >= 11 is 0. The summed E-state index contributed by atoms with van der Waals surface area (Å²) in [5.74, 6) is 0.844. The van der Waals surface area contributed by atoms with Crippen molar-refractivity contribution in [3.05, 3.63) is 54.0 Å². The van der Waals surface area contributed by atoms with E-state index < -0.39 is 0 Å². The van der Waals surface area contributed by atoms with Gasteiger partial charge in [0.05, 0.1) is 24.0 Å². The van der Waals surface area contributed by atoms with Gasteiger partial charge in [0.15, 0.2) is 0 Å². The van der Waals surface area contributed by atoms with Crippen molar-refractivity contribution in [3.63, 3.8) is 0 Å². The fraction of sp³-hybridized carbons (Fsp3) is 0.333. The zero-order valence-corrected chi connectivity index (χ0v) is 13.4. The molecular weight excluding hydrogens is 288 g/mol. The molecule has 0 spiro atoms. The van der Waals surface area contributed by atoms with E-state index in [4.69, 9.17) is 4.74 Å². The number of aromatic nitrogens is 3. The van der Waals surface area contributed by atoms with Crippen molar-refractivity contribution in [2.45, 2.75) is 19.5 Å². The van der Waals surface area contributed by atoms with E-state index in [-0.39, 0.29) is 0 Å². The van der Waals surface area contributed by atoms with Gasteiger partial charge in [-0.05, 0) is 18.6 Å². The van der Waals surface area contributed by atoms with Crippen LogP contribution < -0.4 is 4.74 Å². The zero-order chi connectivity index (χ0) is 15.8. The number of hydrogen-bond acceptors (Lipinski definition) is 4. The molecule has 1 saturated heterocycles. The zero-order valence-electron chi connectivity index (χ0n) is 13.4. The first kappa shape index (κ1) is 14.2. The van der Waals surface area contributed by atoms with Crippen LogP contribution in [0.4, 0.5) is 0 Å². The van der Waals surface area contributed by atoms with Crippen molar-refractivity contribution >= 4 is 10.9 Å². The Morgan fingerprint density at radius 3 is 3.04 bits per heavy atom. The maximum atomic E-state index is 5.93. The average Bonchev–Trinajstić information content (AvgIpc) is 3.15. The lowest BCUT2D eigenvalue weighted by Gasteiger charge is -2.08. The summed E-state index contributed by atoms with van der Waals surface area (Å²) in [5.41, 5.74) is 3.49. The van der Waals surface area contributed by atoms with Crippen LogP contribution in [0.15, 0.2) is 42.9 Å². The van der Waals surface area contributed by atoms with Crippen molar-refractivity contribution in [2.24, 2.45) is 7.05 Å². The number of fused-ring (bicyclic) bond motifs is 1. The van der Waals surface area contributed by atoms with Crippen LogP contribution in [0.5, 0.6) is 5.75 Å². The molecule has 4 rings (SSSR count). The molecule has 0 radical (unpaired) electrons. The van der Waals surface area contributed by atoms with Crippen LogP contribution in [0.1, 0.15) is 11.1 Å². The van der Waals surface area contributed by atoms with Crippen molar-refractivity contribution in [1.82, 2.24) is 19.7 Å². The lowest BCUT2D eigenvalue weighted by atomic mass is 10.1. The van der Waals surface area contributed by atoms with Crippen LogP contribution in [0.3, 0.4) is 0 Å². The number of hydrogen-bond donors (Lipinski definition) is 0. The number of aryl methyl sites for hydroxylation is 2. The van der Waals surface area contributed by atoms with Crippen LogP contribution in [-0.4, -0.2) is 38.9 Å². The summed E-state index contributed by atoms with van der Waals surface area (Å²) in [5, 5.41) is 5.33. The van der Waals surface area contributed by atoms with Crippen LogP contribution >= 0.6 is 0 Å². The predicted octanol–water partition coefficient (Wildman–Crippen LogP) is 2.54. The second kappa shape index (κ2) is 5.66. The van der Waals surface area contributed by atoms with E-state index in [2.05, 4.69) is 52.4 Å². The number of pyridine rings is 1. The minimum atomic E-state index is 0.489. The highest BCUT2D eigenvalue weighted by Gasteiger charge is 2.34. The van der Waals surface area contributed by atoms with Crippen LogP contribution in [0.2, 0.25) is 0 Å². The molecule has 3 aromatic rings. The average molecular weight is 308 g/mol. The second-order valence-electron chi connectivity index (χ2n) is 6.23. The molecule has 2 unspecified atom stereocenters. The van der Waals surface area contributed by atoms with Crippen molar-refractivity contribution in [1.29, 1.82) is 0 Å². The molecule has 0 bridgehead atoms. The Labute approximate surface area is 135 Å². The van der Waals surface area contributed by atoms with E-state index in [1.165, 1.54) is 11.1 Å². The third-order valence-electron chi connectivity index (χ3n) is 4.30. The molecular formula is C18H20N4O. The number of nitrogens with zero attached hydrogens (tertiary/aromatic N) is 4. The Morgan fingerprint density at radius 2 is 2.22 bits per heavy atom. The number of ether oxygens (including phenoxy) is 1. The molecule has 2 atom stereocenters. The molecule has 1 fully saturated rings. The van der Waals surface area contributed by atoms with Gasteiger partial charge >= 0.3 is 0 Å². The van der Waals surface area contributed by atoms with E-state index >= 15 is 0 Å². The second-order valence-corrected chi connectivity index (χ2v) is 6.23. The highest BCUT2D eigenvalue weighted by molar-refractivity contribution is 5.82. The van der Waals surface area contributed by atoms with E-state index in [0.717, 1.165) is 29.7 Å². The highest BCUT2D eigenvalue weighted by Crippen LogP contribution is 2.24. The van der Waals surface area contributed by atoms with Gasteiger partial charge in [0.2, 0.25) is 0 Å². The lowest BCUT2D eigenvalue weighted by Crippen LogP contribution is -2.10. The van der Waals surface area contributed by atoms with Gasteiger partial charge in [0, 0.05) is 37.3 Å². The summed E-state index contributed by atoms with van der Waals surface area (Å²) in [6, 6.07) is 8.77. The van der Waals surface area contributed by atoms with Crippen molar-refractivity contribution in [2.75, 3.05) is 13.2 Å². The van der Waals surface area contributed by atoms with Gasteiger partial charge in [-0.1, -0.05) is 18.2 Å². The predicted molar refractivity (Wildman–Crippen MR) is 89.4 cm³/mol. The summed E-state index contributed by atoms with van der Waals surface area (Å²) in [7, 11) is 1.95. The Bertz CT molecular complexity index is 842. The smallest absolute Gasteiger partial charge is 0.138 e. The molecule has 0 saturated carbocycles. The topological polar surface area (TPSA) is 43.0 Å². The molecule has 5 heteroatoms. The first-order valence-electron chi connectivity index (χ1n) is 7.89. The maximum Gasteiger partial charge on any atom is 0.138 e. The number of rotatable bonds is 5. The first-order valence-corrected chi connectivity index (χ1v) is 7.89. The molecule has 3 heterocycles. The largest absolute Gasteiger partial charge is 0.490 e. The fourth-order valence-corrected chi connectivity index (χ4v) is 2.93. The van der Waals surface area contributed by atoms with Crippen LogP contribution in [-0.2, 0) is 13.6 Å². The van der Waals surface area contributed by atoms with Gasteiger partial charge in [-0.15, -0.1) is 0 Å². The van der Waals surface area contributed by atoms with Gasteiger partial charge in [-0.25, -0.2) is 0 Å². The normalized spacial score (nSPS) is 19.9. The molecule has 0 amide bonds.